The lowest BCUT2D eigenvalue weighted by molar-refractivity contribution is -0.114. The molecule has 31 heavy (non-hydrogen) atoms. The summed E-state index contributed by atoms with van der Waals surface area (Å²) in [6.07, 6.45) is 7.79. The van der Waals surface area contributed by atoms with E-state index in [1.165, 1.54) is 19.3 Å². The van der Waals surface area contributed by atoms with Crippen LogP contribution in [0.1, 0.15) is 36.0 Å². The molecule has 0 N–H and O–H groups in total. The molecular weight excluding hydrogens is 410 g/mol. The molecule has 2 aromatic rings. The first-order valence-electron chi connectivity index (χ1n) is 10.8. The molecule has 0 spiro atoms. The predicted octanol–water partition coefficient (Wildman–Crippen LogP) is 4.68. The van der Waals surface area contributed by atoms with Crippen molar-refractivity contribution in [2.75, 3.05) is 37.7 Å². The van der Waals surface area contributed by atoms with Gasteiger partial charge in [0.25, 0.3) is 5.91 Å². The van der Waals surface area contributed by atoms with Gasteiger partial charge in [-0.1, -0.05) is 36.2 Å². The second-order valence-corrected chi connectivity index (χ2v) is 8.34. The topological polar surface area (TPSA) is 56.6 Å². The molecule has 1 saturated heterocycles. The fourth-order valence-electron chi connectivity index (χ4n) is 4.18. The van der Waals surface area contributed by atoms with Crippen LogP contribution in [0.25, 0.3) is 6.08 Å². The molecule has 2 aliphatic heterocycles. The molecule has 2 aromatic carbocycles. The Balaban J connectivity index is 1.47. The summed E-state index contributed by atoms with van der Waals surface area (Å²) in [5.41, 5.74) is 3.15. The molecule has 160 valence electrons. The highest BCUT2D eigenvalue weighted by Gasteiger charge is 2.25. The number of nitriles is 1. The average molecular weight is 436 g/mol. The third kappa shape index (κ3) is 5.10. The molecule has 4 rings (SSSR count). The van der Waals surface area contributed by atoms with Gasteiger partial charge in [-0.05, 0) is 61.7 Å². The Morgan fingerprint density at radius 2 is 1.97 bits per heavy atom. The summed E-state index contributed by atoms with van der Waals surface area (Å²) >= 11 is 6.18. The maximum Gasteiger partial charge on any atom is 0.251 e. The van der Waals surface area contributed by atoms with Crippen molar-refractivity contribution in [3.8, 4) is 11.8 Å². The van der Waals surface area contributed by atoms with E-state index in [9.17, 15) is 10.1 Å². The van der Waals surface area contributed by atoms with Gasteiger partial charge in [0.05, 0.1) is 11.3 Å². The van der Waals surface area contributed by atoms with Gasteiger partial charge in [0.2, 0.25) is 0 Å². The van der Waals surface area contributed by atoms with Crippen LogP contribution >= 0.6 is 11.6 Å². The molecule has 1 fully saturated rings. The smallest absolute Gasteiger partial charge is 0.251 e. The van der Waals surface area contributed by atoms with Crippen LogP contribution in [0.2, 0.25) is 5.02 Å². The number of halogens is 1. The van der Waals surface area contributed by atoms with Crippen molar-refractivity contribution in [3.05, 3.63) is 64.2 Å². The molecule has 0 aromatic heterocycles. The number of carbonyl (C=O) groups excluding carboxylic acids is 1. The number of hydrogen-bond donors (Lipinski definition) is 0. The van der Waals surface area contributed by atoms with E-state index in [1.54, 1.807) is 23.1 Å². The zero-order valence-electron chi connectivity index (χ0n) is 17.5. The Hall–Kier alpha value is -2.81. The number of amides is 1. The van der Waals surface area contributed by atoms with E-state index in [4.69, 9.17) is 16.3 Å². The van der Waals surface area contributed by atoms with Gasteiger partial charge in [0.1, 0.15) is 18.4 Å². The number of ether oxygens (including phenoxy) is 1. The largest absolute Gasteiger partial charge is 0.491 e. The highest BCUT2D eigenvalue weighted by atomic mass is 35.5. The van der Waals surface area contributed by atoms with E-state index in [0.717, 1.165) is 42.9 Å². The van der Waals surface area contributed by atoms with Crippen LogP contribution in [-0.4, -0.2) is 43.6 Å². The standard InChI is InChI=1S/C25H26ClN3O2/c26-22-7-3-2-6-19(22)8-9-25(30)29-13-10-20-16-21(18-27)24(17-23(20)29)31-15-14-28-11-4-1-5-12-28/h2-3,6-9,16-17H,1,4-5,10-15H2. The summed E-state index contributed by atoms with van der Waals surface area (Å²) in [6, 6.07) is 13.4. The van der Waals surface area contributed by atoms with E-state index in [-0.39, 0.29) is 5.91 Å². The third-order valence-corrected chi connectivity index (χ3v) is 6.23. The van der Waals surface area contributed by atoms with Crippen LogP contribution in [0.5, 0.6) is 5.75 Å². The Kier molecular flexibility index (Phi) is 6.91. The molecule has 2 aliphatic rings. The first-order valence-corrected chi connectivity index (χ1v) is 11.2. The number of likely N-dealkylation sites (tertiary alicyclic amines) is 1. The molecule has 6 heteroatoms. The van der Waals surface area contributed by atoms with Crippen molar-refractivity contribution in [1.82, 2.24) is 4.90 Å². The van der Waals surface area contributed by atoms with Gasteiger partial charge >= 0.3 is 0 Å². The molecule has 0 saturated carbocycles. The number of fused-ring (bicyclic) bond motifs is 1. The molecule has 0 bridgehead atoms. The predicted molar refractivity (Wildman–Crippen MR) is 123 cm³/mol. The van der Waals surface area contributed by atoms with Gasteiger partial charge in [0.15, 0.2) is 0 Å². The SMILES string of the molecule is N#Cc1cc2c(cc1OCCN1CCCCC1)N(C(=O)C=Cc1ccccc1Cl)CC2. The van der Waals surface area contributed by atoms with Crippen molar-refractivity contribution in [3.63, 3.8) is 0 Å². The monoisotopic (exact) mass is 435 g/mol. The van der Waals surface area contributed by atoms with Crippen LogP contribution in [0.4, 0.5) is 5.69 Å². The van der Waals surface area contributed by atoms with Crippen molar-refractivity contribution in [1.29, 1.82) is 5.26 Å². The second kappa shape index (κ2) is 10.00. The van der Waals surface area contributed by atoms with Crippen LogP contribution in [0.15, 0.2) is 42.5 Å². The lowest BCUT2D eigenvalue weighted by Gasteiger charge is -2.26. The number of nitrogens with zero attached hydrogens (tertiary/aromatic N) is 3. The molecule has 0 aliphatic carbocycles. The molecule has 2 heterocycles. The number of carbonyl (C=O) groups is 1. The fourth-order valence-corrected chi connectivity index (χ4v) is 4.38. The summed E-state index contributed by atoms with van der Waals surface area (Å²) in [5, 5.41) is 10.2. The van der Waals surface area contributed by atoms with E-state index >= 15 is 0 Å². The van der Waals surface area contributed by atoms with Crippen molar-refractivity contribution >= 4 is 29.3 Å². The quantitative estimate of drug-likeness (QED) is 0.618. The first-order chi connectivity index (χ1) is 15.2. The lowest BCUT2D eigenvalue weighted by Crippen LogP contribution is -2.33. The zero-order valence-corrected chi connectivity index (χ0v) is 18.3. The van der Waals surface area contributed by atoms with Crippen LogP contribution in [0.3, 0.4) is 0 Å². The molecule has 5 nitrogen and oxygen atoms in total. The minimum absolute atomic E-state index is 0.109. The Bertz CT molecular complexity index is 1020. The summed E-state index contributed by atoms with van der Waals surface area (Å²) in [6.45, 7) is 4.19. The molecule has 0 atom stereocenters. The van der Waals surface area contributed by atoms with Gasteiger partial charge in [-0.2, -0.15) is 5.26 Å². The van der Waals surface area contributed by atoms with E-state index in [0.29, 0.717) is 29.5 Å². The van der Waals surface area contributed by atoms with E-state index < -0.39 is 0 Å². The summed E-state index contributed by atoms with van der Waals surface area (Å²) in [4.78, 5) is 17.0. The summed E-state index contributed by atoms with van der Waals surface area (Å²) in [5.74, 6) is 0.440. The number of hydrogen-bond acceptors (Lipinski definition) is 4. The van der Waals surface area contributed by atoms with Gasteiger partial charge in [-0.25, -0.2) is 0 Å². The highest BCUT2D eigenvalue weighted by molar-refractivity contribution is 6.32. The number of piperidine rings is 1. The van der Waals surface area contributed by atoms with Crippen molar-refractivity contribution in [2.45, 2.75) is 25.7 Å². The van der Waals surface area contributed by atoms with Crippen LogP contribution in [0, 0.1) is 11.3 Å². The number of benzene rings is 2. The van der Waals surface area contributed by atoms with Gasteiger partial charge in [0, 0.05) is 30.3 Å². The average Bonchev–Trinajstić information content (AvgIpc) is 3.21. The third-order valence-electron chi connectivity index (χ3n) is 5.89. The molecule has 1 amide bonds. The normalized spacial score (nSPS) is 16.3. The first kappa shape index (κ1) is 21.4. The fraction of sp³-hybridized carbons (Fsp3) is 0.360. The maximum absolute atomic E-state index is 12.9. The van der Waals surface area contributed by atoms with Gasteiger partial charge in [-0.3, -0.25) is 9.69 Å². The Morgan fingerprint density at radius 1 is 1.16 bits per heavy atom. The Morgan fingerprint density at radius 3 is 2.74 bits per heavy atom. The maximum atomic E-state index is 12.9. The molecule has 0 unspecified atom stereocenters. The zero-order chi connectivity index (χ0) is 21.6. The van der Waals surface area contributed by atoms with Crippen molar-refractivity contribution in [2.24, 2.45) is 0 Å². The molecular formula is C25H26ClN3O2. The van der Waals surface area contributed by atoms with E-state index in [1.807, 2.05) is 30.3 Å². The van der Waals surface area contributed by atoms with Gasteiger partial charge < -0.3 is 9.64 Å². The summed E-state index contributed by atoms with van der Waals surface area (Å²) < 4.78 is 5.99. The van der Waals surface area contributed by atoms with Crippen LogP contribution in [-0.2, 0) is 11.2 Å². The summed E-state index contributed by atoms with van der Waals surface area (Å²) in [7, 11) is 0. The highest BCUT2D eigenvalue weighted by Crippen LogP contribution is 2.35. The number of rotatable bonds is 6. The lowest BCUT2D eigenvalue weighted by atomic mass is 10.1. The van der Waals surface area contributed by atoms with Crippen molar-refractivity contribution < 1.29 is 9.53 Å². The molecule has 0 radical (unpaired) electrons. The minimum Gasteiger partial charge on any atom is -0.491 e. The van der Waals surface area contributed by atoms with Gasteiger partial charge in [-0.15, -0.1) is 0 Å². The minimum atomic E-state index is -0.109. The van der Waals surface area contributed by atoms with E-state index in [2.05, 4.69) is 11.0 Å². The Labute approximate surface area is 188 Å². The number of anilines is 1. The van der Waals surface area contributed by atoms with Crippen LogP contribution < -0.4 is 9.64 Å². The second-order valence-electron chi connectivity index (χ2n) is 7.93.